The molecular formula is C8H6N2O3S. The molecule has 0 atom stereocenters. The van der Waals surface area contributed by atoms with Crippen molar-refractivity contribution in [2.24, 2.45) is 0 Å². The number of aromatic amines is 1. The maximum atomic E-state index is 11.4. The zero-order valence-corrected chi connectivity index (χ0v) is 8.01. The fraction of sp³-hybridized carbons (Fsp3) is 0.125. The summed E-state index contributed by atoms with van der Waals surface area (Å²) < 4.78 is 0. The highest BCUT2D eigenvalue weighted by Crippen LogP contribution is 2.20. The zero-order chi connectivity index (χ0) is 10.3. The van der Waals surface area contributed by atoms with E-state index in [1.54, 1.807) is 6.92 Å². The molecule has 0 saturated carbocycles. The van der Waals surface area contributed by atoms with E-state index in [9.17, 15) is 9.59 Å². The van der Waals surface area contributed by atoms with Gasteiger partial charge in [-0.1, -0.05) is 0 Å². The third-order valence-corrected chi connectivity index (χ3v) is 2.75. The lowest BCUT2D eigenvalue weighted by atomic mass is 10.3. The fourth-order valence-electron chi connectivity index (χ4n) is 1.14. The van der Waals surface area contributed by atoms with Crippen molar-refractivity contribution in [3.63, 3.8) is 0 Å². The quantitative estimate of drug-likeness (QED) is 0.735. The maximum Gasteiger partial charge on any atom is 0.345 e. The van der Waals surface area contributed by atoms with E-state index in [0.717, 1.165) is 11.3 Å². The third kappa shape index (κ3) is 1.29. The predicted molar refractivity (Wildman–Crippen MR) is 51.9 cm³/mol. The van der Waals surface area contributed by atoms with Crippen LogP contribution in [0.15, 0.2) is 10.9 Å². The Balaban J connectivity index is 2.83. The summed E-state index contributed by atoms with van der Waals surface area (Å²) in [7, 11) is 0. The molecule has 2 aromatic heterocycles. The predicted octanol–water partition coefficient (Wildman–Crippen LogP) is 0.991. The van der Waals surface area contributed by atoms with E-state index in [-0.39, 0.29) is 10.4 Å². The third-order valence-electron chi connectivity index (χ3n) is 1.73. The average molecular weight is 210 g/mol. The number of aryl methyl sites for hydroxylation is 1. The molecule has 0 unspecified atom stereocenters. The van der Waals surface area contributed by atoms with Crippen molar-refractivity contribution in [3.05, 3.63) is 27.1 Å². The summed E-state index contributed by atoms with van der Waals surface area (Å²) >= 11 is 1.00. The van der Waals surface area contributed by atoms with Crippen LogP contribution < -0.4 is 5.56 Å². The maximum absolute atomic E-state index is 11.4. The second-order valence-corrected chi connectivity index (χ2v) is 3.82. The lowest BCUT2D eigenvalue weighted by Crippen LogP contribution is -2.07. The molecule has 0 amide bonds. The minimum Gasteiger partial charge on any atom is -0.477 e. The molecule has 0 saturated heterocycles. The van der Waals surface area contributed by atoms with E-state index in [4.69, 9.17) is 5.11 Å². The number of nitrogens with one attached hydrogen (secondary N) is 1. The normalized spacial score (nSPS) is 10.6. The number of carbonyl (C=O) groups is 1. The summed E-state index contributed by atoms with van der Waals surface area (Å²) in [6.45, 7) is 1.65. The van der Waals surface area contributed by atoms with Gasteiger partial charge in [0, 0.05) is 0 Å². The lowest BCUT2D eigenvalue weighted by Gasteiger charge is -1.89. The molecule has 2 rings (SSSR count). The summed E-state index contributed by atoms with van der Waals surface area (Å²) in [6, 6.07) is 1.34. The molecule has 0 aromatic carbocycles. The van der Waals surface area contributed by atoms with Gasteiger partial charge in [0.15, 0.2) is 0 Å². The van der Waals surface area contributed by atoms with Crippen LogP contribution in [0.3, 0.4) is 0 Å². The van der Waals surface area contributed by atoms with Gasteiger partial charge in [0.25, 0.3) is 5.56 Å². The van der Waals surface area contributed by atoms with Crippen LogP contribution in [-0.4, -0.2) is 21.0 Å². The van der Waals surface area contributed by atoms with E-state index >= 15 is 0 Å². The zero-order valence-electron chi connectivity index (χ0n) is 7.20. The number of nitrogens with zero attached hydrogens (tertiary/aromatic N) is 1. The SMILES string of the molecule is Cc1nc2sc(C(=O)O)cc2c(=O)[nH]1. The van der Waals surface area contributed by atoms with Crippen molar-refractivity contribution >= 4 is 27.5 Å². The second kappa shape index (κ2) is 2.91. The van der Waals surface area contributed by atoms with Gasteiger partial charge in [-0.2, -0.15) is 0 Å². The summed E-state index contributed by atoms with van der Waals surface area (Å²) in [5, 5.41) is 9.05. The molecule has 0 spiro atoms. The highest BCUT2D eigenvalue weighted by Gasteiger charge is 2.11. The molecule has 5 nitrogen and oxygen atoms in total. The van der Waals surface area contributed by atoms with Gasteiger partial charge in [0.05, 0.1) is 5.39 Å². The Hall–Kier alpha value is -1.69. The van der Waals surface area contributed by atoms with Gasteiger partial charge in [-0.15, -0.1) is 11.3 Å². The van der Waals surface area contributed by atoms with Crippen molar-refractivity contribution in [1.82, 2.24) is 9.97 Å². The Morgan fingerprint density at radius 3 is 3.00 bits per heavy atom. The summed E-state index contributed by atoms with van der Waals surface area (Å²) in [6.07, 6.45) is 0. The van der Waals surface area contributed by atoms with Gasteiger partial charge in [-0.25, -0.2) is 9.78 Å². The van der Waals surface area contributed by atoms with Crippen molar-refractivity contribution in [1.29, 1.82) is 0 Å². The standard InChI is InChI=1S/C8H6N2O3S/c1-3-9-6(11)4-2-5(8(12)13)14-7(4)10-3/h2H,1H3,(H,12,13)(H,9,10,11). The molecule has 0 aliphatic rings. The Kier molecular flexibility index (Phi) is 1.85. The van der Waals surface area contributed by atoms with Crippen molar-refractivity contribution in [2.75, 3.05) is 0 Å². The van der Waals surface area contributed by atoms with E-state index < -0.39 is 5.97 Å². The van der Waals surface area contributed by atoms with E-state index in [2.05, 4.69) is 9.97 Å². The molecule has 0 radical (unpaired) electrons. The van der Waals surface area contributed by atoms with Gasteiger partial charge < -0.3 is 10.1 Å². The van der Waals surface area contributed by atoms with Gasteiger partial charge in [0.1, 0.15) is 15.5 Å². The average Bonchev–Trinajstić information content (AvgIpc) is 2.47. The molecule has 2 aromatic rings. The van der Waals surface area contributed by atoms with E-state index in [0.29, 0.717) is 16.0 Å². The number of fused-ring (bicyclic) bond motifs is 1. The monoisotopic (exact) mass is 210 g/mol. The largest absolute Gasteiger partial charge is 0.477 e. The molecule has 2 N–H and O–H groups in total. The number of thiophene rings is 1. The highest BCUT2D eigenvalue weighted by molar-refractivity contribution is 7.20. The molecule has 0 bridgehead atoms. The van der Waals surface area contributed by atoms with Gasteiger partial charge in [-0.05, 0) is 13.0 Å². The van der Waals surface area contributed by atoms with Gasteiger partial charge in [0.2, 0.25) is 0 Å². The highest BCUT2D eigenvalue weighted by atomic mass is 32.1. The number of carboxylic acid groups (broad SMARTS) is 1. The van der Waals surface area contributed by atoms with Crippen LogP contribution in [0, 0.1) is 6.92 Å². The van der Waals surface area contributed by atoms with Crippen molar-refractivity contribution < 1.29 is 9.90 Å². The van der Waals surface area contributed by atoms with Crippen LogP contribution in [-0.2, 0) is 0 Å². The Morgan fingerprint density at radius 1 is 1.64 bits per heavy atom. The molecule has 14 heavy (non-hydrogen) atoms. The first-order chi connectivity index (χ1) is 6.58. The van der Waals surface area contributed by atoms with Gasteiger partial charge in [-0.3, -0.25) is 4.79 Å². The first kappa shape index (κ1) is 8.89. The minimum atomic E-state index is -1.04. The van der Waals surface area contributed by atoms with Crippen molar-refractivity contribution in [2.45, 2.75) is 6.92 Å². The molecular weight excluding hydrogens is 204 g/mol. The Bertz CT molecular complexity index is 569. The molecule has 72 valence electrons. The fourth-order valence-corrected chi connectivity index (χ4v) is 2.06. The van der Waals surface area contributed by atoms with E-state index in [1.807, 2.05) is 0 Å². The lowest BCUT2D eigenvalue weighted by molar-refractivity contribution is 0.0702. The van der Waals surface area contributed by atoms with Crippen molar-refractivity contribution in [3.8, 4) is 0 Å². The molecule has 0 aliphatic heterocycles. The first-order valence-electron chi connectivity index (χ1n) is 3.81. The number of H-pyrrole nitrogens is 1. The van der Waals surface area contributed by atoms with Crippen LogP contribution in [0.25, 0.3) is 10.2 Å². The smallest absolute Gasteiger partial charge is 0.345 e. The summed E-state index contributed by atoms with van der Waals surface area (Å²) in [4.78, 5) is 29.1. The van der Waals surface area contributed by atoms with Gasteiger partial charge >= 0.3 is 5.97 Å². The second-order valence-electron chi connectivity index (χ2n) is 2.79. The summed E-state index contributed by atoms with van der Waals surface area (Å²) in [5.41, 5.74) is -0.295. The summed E-state index contributed by atoms with van der Waals surface area (Å²) in [5.74, 6) is -0.550. The minimum absolute atomic E-state index is 0.128. The number of aromatic carboxylic acids is 1. The number of hydrogen-bond donors (Lipinski definition) is 2. The molecule has 0 aliphatic carbocycles. The van der Waals surface area contributed by atoms with Crippen LogP contribution in [0.1, 0.15) is 15.5 Å². The van der Waals surface area contributed by atoms with Crippen LogP contribution >= 0.6 is 11.3 Å². The molecule has 6 heteroatoms. The Morgan fingerprint density at radius 2 is 2.36 bits per heavy atom. The van der Waals surface area contributed by atoms with E-state index in [1.165, 1.54) is 6.07 Å². The molecule has 0 fully saturated rings. The first-order valence-corrected chi connectivity index (χ1v) is 4.63. The molecule has 2 heterocycles. The topological polar surface area (TPSA) is 83.0 Å². The number of aromatic nitrogens is 2. The number of carboxylic acids is 1. The van der Waals surface area contributed by atoms with Crippen LogP contribution in [0.5, 0.6) is 0 Å². The van der Waals surface area contributed by atoms with Crippen LogP contribution in [0.4, 0.5) is 0 Å². The number of hydrogen-bond acceptors (Lipinski definition) is 4. The van der Waals surface area contributed by atoms with Crippen LogP contribution in [0.2, 0.25) is 0 Å². The Labute approximate surface area is 82.0 Å². The number of rotatable bonds is 1.